The van der Waals surface area contributed by atoms with Crippen molar-refractivity contribution in [3.63, 3.8) is 0 Å². The van der Waals surface area contributed by atoms with Gasteiger partial charge in [-0.15, -0.1) is 0 Å². The van der Waals surface area contributed by atoms with E-state index in [2.05, 4.69) is 29.8 Å². The summed E-state index contributed by atoms with van der Waals surface area (Å²) >= 11 is 6.03. The predicted octanol–water partition coefficient (Wildman–Crippen LogP) is 2.33. The third-order valence-corrected chi connectivity index (χ3v) is 4.09. The molecule has 0 spiro atoms. The molecular weight excluding hydrogens is 246 g/mol. The molecule has 0 saturated carbocycles. The number of hydrogen-bond donors (Lipinski definition) is 1. The molecule has 0 amide bonds. The van der Waals surface area contributed by atoms with Gasteiger partial charge in [0.05, 0.1) is 0 Å². The maximum atomic E-state index is 6.03. The lowest BCUT2D eigenvalue weighted by atomic mass is 10.1. The minimum atomic E-state index is 0.541. The van der Waals surface area contributed by atoms with E-state index in [-0.39, 0.29) is 0 Å². The normalized spacial score (nSPS) is 21.3. The number of halogens is 1. The smallest absolute Gasteiger partial charge is 0.0413 e. The molecule has 0 aromatic heterocycles. The zero-order valence-electron chi connectivity index (χ0n) is 11.2. The van der Waals surface area contributed by atoms with Gasteiger partial charge in [-0.1, -0.05) is 18.5 Å². The Morgan fingerprint density at radius 3 is 2.83 bits per heavy atom. The maximum absolute atomic E-state index is 6.03. The molecule has 0 bridgehead atoms. The summed E-state index contributed by atoms with van der Waals surface area (Å²) in [4.78, 5) is 4.88. The Labute approximate surface area is 115 Å². The second-order valence-corrected chi connectivity index (χ2v) is 5.40. The van der Waals surface area contributed by atoms with Gasteiger partial charge in [0.1, 0.15) is 0 Å². The first-order valence-electron chi connectivity index (χ1n) is 6.59. The van der Waals surface area contributed by atoms with Crippen LogP contribution in [-0.4, -0.2) is 37.6 Å². The van der Waals surface area contributed by atoms with E-state index in [0.717, 1.165) is 30.2 Å². The zero-order chi connectivity index (χ0) is 13.1. The Kier molecular flexibility index (Phi) is 4.49. The number of nitrogens with zero attached hydrogens (tertiary/aromatic N) is 2. The molecule has 1 fully saturated rings. The quantitative estimate of drug-likeness (QED) is 0.912. The third-order valence-electron chi connectivity index (χ3n) is 3.85. The van der Waals surface area contributed by atoms with Gasteiger partial charge in [0, 0.05) is 42.9 Å². The highest BCUT2D eigenvalue weighted by Crippen LogP contribution is 2.26. The number of rotatable bonds is 3. The van der Waals surface area contributed by atoms with Crippen LogP contribution in [0.4, 0.5) is 5.69 Å². The van der Waals surface area contributed by atoms with E-state index in [1.165, 1.54) is 12.1 Å². The van der Waals surface area contributed by atoms with Crippen molar-refractivity contribution in [1.82, 2.24) is 4.90 Å². The number of likely N-dealkylation sites (N-methyl/N-ethyl adjacent to an activating group) is 1. The number of nitrogens with two attached hydrogens (primary N) is 1. The molecule has 2 N–H and O–H groups in total. The van der Waals surface area contributed by atoms with Crippen molar-refractivity contribution in [2.75, 3.05) is 31.6 Å². The molecule has 1 heterocycles. The molecule has 1 atom stereocenters. The highest BCUT2D eigenvalue weighted by atomic mass is 35.5. The van der Waals surface area contributed by atoms with Crippen LogP contribution in [0.5, 0.6) is 0 Å². The van der Waals surface area contributed by atoms with Gasteiger partial charge in [0.15, 0.2) is 0 Å². The van der Waals surface area contributed by atoms with E-state index in [0.29, 0.717) is 12.6 Å². The first-order valence-corrected chi connectivity index (χ1v) is 6.97. The molecule has 100 valence electrons. The van der Waals surface area contributed by atoms with Crippen molar-refractivity contribution < 1.29 is 0 Å². The first-order chi connectivity index (χ1) is 8.65. The average Bonchev–Trinajstić information content (AvgIpc) is 2.39. The molecule has 1 aliphatic heterocycles. The highest BCUT2D eigenvalue weighted by molar-refractivity contribution is 6.30. The van der Waals surface area contributed by atoms with Crippen LogP contribution in [0.1, 0.15) is 18.9 Å². The Bertz CT molecular complexity index is 408. The maximum Gasteiger partial charge on any atom is 0.0413 e. The zero-order valence-corrected chi connectivity index (χ0v) is 12.0. The second-order valence-electron chi connectivity index (χ2n) is 4.97. The monoisotopic (exact) mass is 267 g/mol. The average molecular weight is 268 g/mol. The molecule has 0 aliphatic carbocycles. The summed E-state index contributed by atoms with van der Waals surface area (Å²) in [6, 6.07) is 6.66. The van der Waals surface area contributed by atoms with Gasteiger partial charge in [-0.3, -0.25) is 4.90 Å². The summed E-state index contributed by atoms with van der Waals surface area (Å²) in [6.45, 7) is 6.02. The third kappa shape index (κ3) is 2.79. The lowest BCUT2D eigenvalue weighted by Gasteiger charge is -2.41. The van der Waals surface area contributed by atoms with Crippen LogP contribution in [0, 0.1) is 0 Å². The number of anilines is 1. The fourth-order valence-electron chi connectivity index (χ4n) is 2.63. The molecule has 1 aromatic carbocycles. The van der Waals surface area contributed by atoms with Crippen LogP contribution in [0.3, 0.4) is 0 Å². The summed E-state index contributed by atoms with van der Waals surface area (Å²) < 4.78 is 0. The van der Waals surface area contributed by atoms with Gasteiger partial charge in [-0.2, -0.15) is 0 Å². The molecular formula is C14H22ClN3. The van der Waals surface area contributed by atoms with Gasteiger partial charge in [0.25, 0.3) is 0 Å². The summed E-state index contributed by atoms with van der Waals surface area (Å²) in [5.74, 6) is 0. The lowest BCUT2D eigenvalue weighted by Crippen LogP contribution is -2.51. The Hall–Kier alpha value is -0.770. The van der Waals surface area contributed by atoms with Crippen LogP contribution < -0.4 is 10.6 Å². The lowest BCUT2D eigenvalue weighted by molar-refractivity contribution is 0.213. The number of benzene rings is 1. The number of hydrogen-bond acceptors (Lipinski definition) is 3. The predicted molar refractivity (Wildman–Crippen MR) is 78.3 cm³/mol. The summed E-state index contributed by atoms with van der Waals surface area (Å²) in [6.07, 6.45) is 1.18. The van der Waals surface area contributed by atoms with Crippen LogP contribution >= 0.6 is 11.6 Å². The summed E-state index contributed by atoms with van der Waals surface area (Å²) in [5, 5.41) is 0.764. The summed E-state index contributed by atoms with van der Waals surface area (Å²) in [5.41, 5.74) is 8.21. The van der Waals surface area contributed by atoms with Gasteiger partial charge in [-0.25, -0.2) is 0 Å². The van der Waals surface area contributed by atoms with Crippen molar-refractivity contribution in [2.24, 2.45) is 5.73 Å². The van der Waals surface area contributed by atoms with E-state index in [1.54, 1.807) is 0 Å². The first kappa shape index (κ1) is 13.7. The largest absolute Gasteiger partial charge is 0.368 e. The van der Waals surface area contributed by atoms with Gasteiger partial charge in [0.2, 0.25) is 0 Å². The fraction of sp³-hybridized carbons (Fsp3) is 0.571. The molecule has 1 unspecified atom stereocenters. The van der Waals surface area contributed by atoms with E-state index < -0.39 is 0 Å². The van der Waals surface area contributed by atoms with Crippen molar-refractivity contribution in [3.05, 3.63) is 28.8 Å². The van der Waals surface area contributed by atoms with Crippen LogP contribution in [0.2, 0.25) is 5.02 Å². The van der Waals surface area contributed by atoms with Crippen molar-refractivity contribution in [1.29, 1.82) is 0 Å². The van der Waals surface area contributed by atoms with E-state index in [4.69, 9.17) is 17.3 Å². The number of piperazine rings is 1. The second kappa shape index (κ2) is 5.91. The molecule has 0 radical (unpaired) electrons. The van der Waals surface area contributed by atoms with Gasteiger partial charge >= 0.3 is 0 Å². The Morgan fingerprint density at radius 2 is 2.17 bits per heavy atom. The standard InChI is InChI=1S/C14H22ClN3/c1-3-13-10-18(7-6-17(13)2)14-5-4-12(15)8-11(14)9-16/h4-5,8,13H,3,6-7,9-10,16H2,1-2H3. The Balaban J connectivity index is 2.21. The molecule has 4 heteroatoms. The molecule has 1 aromatic rings. The molecule has 1 saturated heterocycles. The van der Waals surface area contributed by atoms with E-state index in [9.17, 15) is 0 Å². The molecule has 1 aliphatic rings. The van der Waals surface area contributed by atoms with Crippen LogP contribution in [-0.2, 0) is 6.54 Å². The topological polar surface area (TPSA) is 32.5 Å². The minimum absolute atomic E-state index is 0.541. The minimum Gasteiger partial charge on any atom is -0.368 e. The molecule has 18 heavy (non-hydrogen) atoms. The van der Waals surface area contributed by atoms with Crippen molar-refractivity contribution >= 4 is 17.3 Å². The van der Waals surface area contributed by atoms with Crippen molar-refractivity contribution in [3.8, 4) is 0 Å². The fourth-order valence-corrected chi connectivity index (χ4v) is 2.83. The van der Waals surface area contributed by atoms with Gasteiger partial charge in [-0.05, 0) is 37.2 Å². The SMILES string of the molecule is CCC1CN(c2ccc(Cl)cc2CN)CCN1C. The molecule has 3 nitrogen and oxygen atoms in total. The van der Waals surface area contributed by atoms with E-state index in [1.807, 2.05) is 12.1 Å². The van der Waals surface area contributed by atoms with Crippen molar-refractivity contribution in [2.45, 2.75) is 25.9 Å². The van der Waals surface area contributed by atoms with E-state index >= 15 is 0 Å². The molecule has 2 rings (SSSR count). The van der Waals surface area contributed by atoms with Gasteiger partial charge < -0.3 is 10.6 Å². The summed E-state index contributed by atoms with van der Waals surface area (Å²) in [7, 11) is 2.21. The Morgan fingerprint density at radius 1 is 1.39 bits per heavy atom. The van der Waals surface area contributed by atoms with Crippen LogP contribution in [0.15, 0.2) is 18.2 Å². The van der Waals surface area contributed by atoms with Crippen LogP contribution in [0.25, 0.3) is 0 Å². The highest BCUT2D eigenvalue weighted by Gasteiger charge is 2.24.